The van der Waals surface area contributed by atoms with Gasteiger partial charge in [-0.3, -0.25) is 9.59 Å². The summed E-state index contributed by atoms with van der Waals surface area (Å²) in [5.74, 6) is 0.887. The number of carbonyl (C=O) groups excluding carboxylic acids is 2. The number of hydrogen-bond donors (Lipinski definition) is 1. The van der Waals surface area contributed by atoms with Crippen molar-refractivity contribution in [2.75, 3.05) is 26.7 Å². The van der Waals surface area contributed by atoms with Crippen LogP contribution in [0.3, 0.4) is 0 Å². The van der Waals surface area contributed by atoms with Crippen molar-refractivity contribution >= 4 is 11.8 Å². The Labute approximate surface area is 132 Å². The predicted octanol–water partition coefficient (Wildman–Crippen LogP) is 2.00. The lowest BCUT2D eigenvalue weighted by molar-refractivity contribution is -0.129. The summed E-state index contributed by atoms with van der Waals surface area (Å²) in [7, 11) is 1.64. The van der Waals surface area contributed by atoms with E-state index >= 15 is 0 Å². The van der Waals surface area contributed by atoms with E-state index in [0.717, 1.165) is 24.2 Å². The predicted molar refractivity (Wildman–Crippen MR) is 86.9 cm³/mol. The van der Waals surface area contributed by atoms with E-state index in [-0.39, 0.29) is 11.8 Å². The van der Waals surface area contributed by atoms with Gasteiger partial charge in [0.25, 0.3) is 0 Å². The van der Waals surface area contributed by atoms with Crippen molar-refractivity contribution in [1.82, 2.24) is 10.2 Å². The highest BCUT2D eigenvalue weighted by atomic mass is 16.5. The summed E-state index contributed by atoms with van der Waals surface area (Å²) in [4.78, 5) is 24.9. The van der Waals surface area contributed by atoms with Crippen LogP contribution < -0.4 is 10.1 Å². The molecule has 5 nitrogen and oxygen atoms in total. The van der Waals surface area contributed by atoms with Gasteiger partial charge in [0.2, 0.25) is 11.8 Å². The second-order valence-electron chi connectivity index (χ2n) is 5.17. The summed E-state index contributed by atoms with van der Waals surface area (Å²) in [5, 5.41) is 2.83. The van der Waals surface area contributed by atoms with Gasteiger partial charge in [-0.1, -0.05) is 25.1 Å². The Balaban J connectivity index is 2.47. The summed E-state index contributed by atoms with van der Waals surface area (Å²) in [6.07, 6.45) is 2.09. The van der Waals surface area contributed by atoms with Crippen LogP contribution in [-0.4, -0.2) is 43.5 Å². The molecule has 0 aliphatic carbocycles. The molecule has 1 aromatic rings. The molecule has 1 N–H and O–H groups in total. The minimum Gasteiger partial charge on any atom is -0.496 e. The highest BCUT2D eigenvalue weighted by Crippen LogP contribution is 2.17. The standard InChI is InChI=1S/C17H26N2O3/c1-4-7-17(21)18-11-13-19(14(2)20)12-10-15-8-5-6-9-16(15)22-3/h5-6,8-9H,4,7,10-13H2,1-3H3,(H,18,21). The first-order valence-electron chi connectivity index (χ1n) is 7.72. The summed E-state index contributed by atoms with van der Waals surface area (Å²) >= 11 is 0. The summed E-state index contributed by atoms with van der Waals surface area (Å²) in [5.41, 5.74) is 1.08. The number of rotatable bonds is 9. The van der Waals surface area contributed by atoms with Crippen LogP contribution in [0.1, 0.15) is 32.3 Å². The Bertz CT molecular complexity index is 489. The largest absolute Gasteiger partial charge is 0.496 e. The summed E-state index contributed by atoms with van der Waals surface area (Å²) in [6.45, 7) is 5.15. The van der Waals surface area contributed by atoms with Crippen LogP contribution in [0.15, 0.2) is 24.3 Å². The number of para-hydroxylation sites is 1. The number of amides is 2. The molecular formula is C17H26N2O3. The zero-order valence-electron chi connectivity index (χ0n) is 13.7. The fourth-order valence-electron chi connectivity index (χ4n) is 2.24. The van der Waals surface area contributed by atoms with Gasteiger partial charge in [0.15, 0.2) is 0 Å². The van der Waals surface area contributed by atoms with Crippen molar-refractivity contribution in [3.05, 3.63) is 29.8 Å². The van der Waals surface area contributed by atoms with Gasteiger partial charge in [-0.05, 0) is 24.5 Å². The third-order valence-corrected chi connectivity index (χ3v) is 3.47. The molecule has 122 valence electrons. The molecular weight excluding hydrogens is 280 g/mol. The molecule has 0 fully saturated rings. The van der Waals surface area contributed by atoms with Crippen LogP contribution >= 0.6 is 0 Å². The van der Waals surface area contributed by atoms with Gasteiger partial charge in [-0.25, -0.2) is 0 Å². The van der Waals surface area contributed by atoms with Gasteiger partial charge < -0.3 is 15.0 Å². The minimum atomic E-state index is 0.0136. The number of benzene rings is 1. The molecule has 0 atom stereocenters. The molecule has 0 aliphatic rings. The molecule has 2 amide bonds. The van der Waals surface area contributed by atoms with Crippen molar-refractivity contribution in [1.29, 1.82) is 0 Å². The van der Waals surface area contributed by atoms with Crippen LogP contribution in [0.2, 0.25) is 0 Å². The molecule has 0 radical (unpaired) electrons. The molecule has 0 saturated carbocycles. The topological polar surface area (TPSA) is 58.6 Å². The van der Waals surface area contributed by atoms with E-state index in [0.29, 0.717) is 26.1 Å². The van der Waals surface area contributed by atoms with Crippen LogP contribution in [-0.2, 0) is 16.0 Å². The van der Waals surface area contributed by atoms with Gasteiger partial charge >= 0.3 is 0 Å². The number of nitrogens with one attached hydrogen (secondary N) is 1. The second-order valence-corrected chi connectivity index (χ2v) is 5.17. The fraction of sp³-hybridized carbons (Fsp3) is 0.529. The van der Waals surface area contributed by atoms with E-state index in [1.807, 2.05) is 31.2 Å². The molecule has 5 heteroatoms. The van der Waals surface area contributed by atoms with Gasteiger partial charge in [0, 0.05) is 33.0 Å². The van der Waals surface area contributed by atoms with Crippen molar-refractivity contribution in [2.24, 2.45) is 0 Å². The Morgan fingerprint density at radius 1 is 1.23 bits per heavy atom. The molecule has 0 saturated heterocycles. The lowest BCUT2D eigenvalue weighted by Gasteiger charge is -2.21. The van der Waals surface area contributed by atoms with E-state index in [4.69, 9.17) is 4.74 Å². The Morgan fingerprint density at radius 2 is 1.95 bits per heavy atom. The van der Waals surface area contributed by atoms with Crippen molar-refractivity contribution in [3.63, 3.8) is 0 Å². The van der Waals surface area contributed by atoms with E-state index in [1.54, 1.807) is 18.9 Å². The van der Waals surface area contributed by atoms with Crippen LogP contribution in [0, 0.1) is 0 Å². The average molecular weight is 306 g/mol. The number of methoxy groups -OCH3 is 1. The second kappa shape index (κ2) is 9.82. The number of nitrogens with zero attached hydrogens (tertiary/aromatic N) is 1. The van der Waals surface area contributed by atoms with Crippen LogP contribution in [0.25, 0.3) is 0 Å². The first-order chi connectivity index (χ1) is 10.6. The third kappa shape index (κ3) is 6.16. The highest BCUT2D eigenvalue weighted by Gasteiger charge is 2.10. The summed E-state index contributed by atoms with van der Waals surface area (Å²) in [6, 6.07) is 7.80. The first-order valence-corrected chi connectivity index (χ1v) is 7.72. The average Bonchev–Trinajstić information content (AvgIpc) is 2.50. The molecule has 0 spiro atoms. The van der Waals surface area contributed by atoms with Crippen molar-refractivity contribution in [3.8, 4) is 5.75 Å². The maximum Gasteiger partial charge on any atom is 0.220 e. The van der Waals surface area contributed by atoms with E-state index in [2.05, 4.69) is 5.32 Å². The van der Waals surface area contributed by atoms with Crippen molar-refractivity contribution < 1.29 is 14.3 Å². The van der Waals surface area contributed by atoms with E-state index in [1.165, 1.54) is 0 Å². The Kier molecular flexibility index (Phi) is 8.04. The minimum absolute atomic E-state index is 0.0136. The maximum absolute atomic E-state index is 11.7. The molecule has 0 aromatic heterocycles. The maximum atomic E-state index is 11.7. The zero-order chi connectivity index (χ0) is 16.4. The zero-order valence-corrected chi connectivity index (χ0v) is 13.7. The monoisotopic (exact) mass is 306 g/mol. The van der Waals surface area contributed by atoms with Gasteiger partial charge in [-0.2, -0.15) is 0 Å². The quantitative estimate of drug-likeness (QED) is 0.759. The van der Waals surface area contributed by atoms with E-state index in [9.17, 15) is 9.59 Å². The normalized spacial score (nSPS) is 10.1. The van der Waals surface area contributed by atoms with Crippen LogP contribution in [0.5, 0.6) is 5.75 Å². The molecule has 0 unspecified atom stereocenters. The smallest absolute Gasteiger partial charge is 0.220 e. The third-order valence-electron chi connectivity index (χ3n) is 3.47. The van der Waals surface area contributed by atoms with E-state index < -0.39 is 0 Å². The molecule has 22 heavy (non-hydrogen) atoms. The molecule has 0 aliphatic heterocycles. The molecule has 1 rings (SSSR count). The van der Waals surface area contributed by atoms with Gasteiger partial charge in [0.1, 0.15) is 5.75 Å². The molecule has 1 aromatic carbocycles. The van der Waals surface area contributed by atoms with Gasteiger partial charge in [0.05, 0.1) is 7.11 Å². The van der Waals surface area contributed by atoms with Crippen molar-refractivity contribution in [2.45, 2.75) is 33.1 Å². The molecule has 0 bridgehead atoms. The lowest BCUT2D eigenvalue weighted by atomic mass is 10.1. The first kappa shape index (κ1) is 18.0. The Morgan fingerprint density at radius 3 is 2.59 bits per heavy atom. The van der Waals surface area contributed by atoms with Gasteiger partial charge in [-0.15, -0.1) is 0 Å². The highest BCUT2D eigenvalue weighted by molar-refractivity contribution is 5.76. The lowest BCUT2D eigenvalue weighted by Crippen LogP contribution is -2.38. The molecule has 0 heterocycles. The number of ether oxygens (including phenoxy) is 1. The Hall–Kier alpha value is -2.04. The number of carbonyl (C=O) groups is 2. The SMILES string of the molecule is CCCC(=O)NCCN(CCc1ccccc1OC)C(C)=O. The van der Waals surface area contributed by atoms with Crippen LogP contribution in [0.4, 0.5) is 0 Å². The summed E-state index contributed by atoms with van der Waals surface area (Å²) < 4.78 is 5.32. The fourth-order valence-corrected chi connectivity index (χ4v) is 2.24. The number of hydrogen-bond acceptors (Lipinski definition) is 3.